The van der Waals surface area contributed by atoms with E-state index in [4.69, 9.17) is 18.0 Å². The summed E-state index contributed by atoms with van der Waals surface area (Å²) in [5.74, 6) is 3.49. The van der Waals surface area contributed by atoms with Crippen LogP contribution in [0, 0.1) is 46.3 Å². The van der Waals surface area contributed by atoms with E-state index in [9.17, 15) is 4.79 Å². The summed E-state index contributed by atoms with van der Waals surface area (Å²) in [5, 5.41) is 0. The maximum absolute atomic E-state index is 12.0. The molecule has 0 spiro atoms. The molecule has 8 heteroatoms. The first-order valence-electron chi connectivity index (χ1n) is 17.3. The summed E-state index contributed by atoms with van der Waals surface area (Å²) in [6, 6.07) is 0. The molecule has 4 aliphatic rings. The lowest BCUT2D eigenvalue weighted by molar-refractivity contribution is -0.213. The van der Waals surface area contributed by atoms with Gasteiger partial charge in [-0.1, -0.05) is 20.8 Å². The predicted octanol–water partition coefficient (Wildman–Crippen LogP) is 9.11. The maximum atomic E-state index is 12.0. The third-order valence-electron chi connectivity index (χ3n) is 11.9. The molecule has 0 bridgehead atoms. The fraction of sp³-hybridized carbons (Fsp3) is 0.971. The molecule has 42 heavy (non-hydrogen) atoms. The van der Waals surface area contributed by atoms with E-state index in [1.54, 1.807) is 0 Å². The molecule has 4 aliphatic carbocycles. The van der Waals surface area contributed by atoms with Crippen LogP contribution in [0.3, 0.4) is 0 Å². The van der Waals surface area contributed by atoms with Gasteiger partial charge in [0.25, 0.3) is 0 Å². The summed E-state index contributed by atoms with van der Waals surface area (Å²) >= 11 is 0. The lowest BCUT2D eigenvalue weighted by Crippen LogP contribution is -2.67. The van der Waals surface area contributed by atoms with Gasteiger partial charge in [-0.3, -0.25) is 4.79 Å². The zero-order valence-electron chi connectivity index (χ0n) is 29.6. The van der Waals surface area contributed by atoms with Gasteiger partial charge in [0.15, 0.2) is 25.0 Å². The molecule has 0 radical (unpaired) electrons. The van der Waals surface area contributed by atoms with Crippen LogP contribution < -0.4 is 0 Å². The van der Waals surface area contributed by atoms with Gasteiger partial charge < -0.3 is 18.0 Å². The van der Waals surface area contributed by atoms with Crippen LogP contribution in [0.2, 0.25) is 58.9 Å². The fourth-order valence-corrected chi connectivity index (χ4v) is 13.9. The van der Waals surface area contributed by atoms with E-state index in [1.807, 2.05) is 0 Å². The number of methoxy groups -OCH3 is 1. The van der Waals surface area contributed by atoms with Gasteiger partial charge in [0.05, 0.1) is 19.3 Å². The van der Waals surface area contributed by atoms with Crippen molar-refractivity contribution in [2.75, 3.05) is 7.11 Å². The predicted molar refractivity (Wildman–Crippen MR) is 181 cm³/mol. The Morgan fingerprint density at radius 2 is 1.29 bits per heavy atom. The Morgan fingerprint density at radius 3 is 1.86 bits per heavy atom. The Balaban J connectivity index is 1.73. The molecule has 0 heterocycles. The number of hydrogen-bond acceptors (Lipinski definition) is 5. The second kappa shape index (κ2) is 12.3. The van der Waals surface area contributed by atoms with E-state index in [0.29, 0.717) is 53.4 Å². The summed E-state index contributed by atoms with van der Waals surface area (Å²) in [6.45, 7) is 29.0. The van der Waals surface area contributed by atoms with Gasteiger partial charge in [0.1, 0.15) is 0 Å². The number of carbonyl (C=O) groups is 1. The molecule has 4 fully saturated rings. The van der Waals surface area contributed by atoms with Crippen LogP contribution in [0.4, 0.5) is 0 Å². The van der Waals surface area contributed by atoms with E-state index in [2.05, 4.69) is 79.7 Å². The van der Waals surface area contributed by atoms with E-state index in [0.717, 1.165) is 12.8 Å². The number of hydrogen-bond donors (Lipinski definition) is 0. The quantitative estimate of drug-likeness (QED) is 0.176. The lowest BCUT2D eigenvalue weighted by atomic mass is 9.43. The molecule has 0 saturated heterocycles. The minimum Gasteiger partial charge on any atom is -0.469 e. The fourth-order valence-electron chi connectivity index (χ4n) is 10.5. The number of esters is 1. The highest BCUT2D eigenvalue weighted by Crippen LogP contribution is 2.69. The van der Waals surface area contributed by atoms with Crippen molar-refractivity contribution in [1.29, 1.82) is 0 Å². The molecule has 0 amide bonds. The van der Waals surface area contributed by atoms with E-state index < -0.39 is 25.0 Å². The normalized spacial score (nSPS) is 41.5. The Kier molecular flexibility index (Phi) is 10.2. The minimum absolute atomic E-state index is 0.0693. The third-order valence-corrected chi connectivity index (χ3v) is 14.9. The molecule has 4 saturated carbocycles. The van der Waals surface area contributed by atoms with Gasteiger partial charge >= 0.3 is 5.97 Å². The van der Waals surface area contributed by atoms with Gasteiger partial charge in [-0.05, 0) is 157 Å². The van der Waals surface area contributed by atoms with Crippen LogP contribution in [-0.4, -0.2) is 56.3 Å². The van der Waals surface area contributed by atoms with E-state index >= 15 is 0 Å². The first kappa shape index (κ1) is 34.9. The SMILES string of the molecule is COC(=O)CC[C@@H](C)C1CCC2C3C(CC[C@@]21C)[C@@]1(C)CC[C@@H](O[Si](C)(C)C)CC1[C@@H](O[Si](C)(C)C)[C@H]3O[Si](C)(C)C. The monoisotopic (exact) mass is 638 g/mol. The molecular weight excluding hydrogens is 573 g/mol. The second-order valence-corrected chi connectivity index (χ2v) is 31.6. The third kappa shape index (κ3) is 7.35. The van der Waals surface area contributed by atoms with Crippen LogP contribution in [0.1, 0.15) is 78.6 Å². The first-order chi connectivity index (χ1) is 19.2. The van der Waals surface area contributed by atoms with E-state index in [-0.39, 0.29) is 23.6 Å². The molecule has 0 aromatic rings. The van der Waals surface area contributed by atoms with Crippen molar-refractivity contribution in [3.8, 4) is 0 Å². The molecule has 0 aliphatic heterocycles. The topological polar surface area (TPSA) is 54.0 Å². The van der Waals surface area contributed by atoms with Crippen molar-refractivity contribution in [3.05, 3.63) is 0 Å². The molecular formula is C34H66O5Si3. The van der Waals surface area contributed by atoms with Crippen molar-refractivity contribution >= 4 is 30.9 Å². The van der Waals surface area contributed by atoms with Gasteiger partial charge in [-0.25, -0.2) is 0 Å². The maximum Gasteiger partial charge on any atom is 0.305 e. The zero-order valence-corrected chi connectivity index (χ0v) is 32.6. The molecule has 5 nitrogen and oxygen atoms in total. The summed E-state index contributed by atoms with van der Waals surface area (Å²) in [6.07, 6.45) is 10.9. The molecule has 4 rings (SSSR count). The first-order valence-corrected chi connectivity index (χ1v) is 27.5. The average molecular weight is 639 g/mol. The van der Waals surface area contributed by atoms with Crippen molar-refractivity contribution < 1.29 is 22.8 Å². The number of rotatable bonds is 10. The van der Waals surface area contributed by atoms with Crippen LogP contribution in [-0.2, 0) is 22.8 Å². The number of ether oxygens (including phenoxy) is 1. The number of carbonyl (C=O) groups excluding carboxylic acids is 1. The molecule has 0 N–H and O–H groups in total. The largest absolute Gasteiger partial charge is 0.469 e. The smallest absolute Gasteiger partial charge is 0.305 e. The highest BCUT2D eigenvalue weighted by molar-refractivity contribution is 6.70. The molecule has 11 atom stereocenters. The Bertz CT molecular complexity index is 954. The van der Waals surface area contributed by atoms with Crippen molar-refractivity contribution in [2.45, 2.75) is 156 Å². The van der Waals surface area contributed by atoms with Gasteiger partial charge in [-0.15, -0.1) is 0 Å². The zero-order chi connectivity index (χ0) is 31.5. The minimum atomic E-state index is -1.85. The highest BCUT2D eigenvalue weighted by Gasteiger charge is 2.66. The van der Waals surface area contributed by atoms with Crippen molar-refractivity contribution in [3.63, 3.8) is 0 Å². The van der Waals surface area contributed by atoms with Crippen LogP contribution in [0.15, 0.2) is 0 Å². The van der Waals surface area contributed by atoms with E-state index in [1.165, 1.54) is 45.6 Å². The summed E-state index contributed by atoms with van der Waals surface area (Å²) < 4.78 is 26.6. The van der Waals surface area contributed by atoms with Crippen molar-refractivity contribution in [2.24, 2.45) is 46.3 Å². The molecule has 5 unspecified atom stereocenters. The highest BCUT2D eigenvalue weighted by atomic mass is 28.4. The summed E-state index contributed by atoms with van der Waals surface area (Å²) in [5.41, 5.74) is 0.562. The molecule has 0 aromatic heterocycles. The Hall–Kier alpha value is 0.000649. The average Bonchev–Trinajstić information content (AvgIpc) is 3.19. The van der Waals surface area contributed by atoms with Gasteiger partial charge in [0, 0.05) is 12.5 Å². The number of fused-ring (bicyclic) bond motifs is 5. The van der Waals surface area contributed by atoms with Crippen LogP contribution in [0.5, 0.6) is 0 Å². The Morgan fingerprint density at radius 1 is 0.738 bits per heavy atom. The van der Waals surface area contributed by atoms with Crippen LogP contribution in [0.25, 0.3) is 0 Å². The summed E-state index contributed by atoms with van der Waals surface area (Å²) in [7, 11) is -3.82. The standard InChI is InChI=1S/C34H66O5Si3/c1-23(14-17-29(35)36-4)25-15-16-26-30-27(19-21-33(25,26)2)34(3)20-18-24(37-40(5,6)7)22-28(34)31(38-41(8,9)10)32(30)39-42(11,12)13/h23-28,30-32H,14-22H2,1-13H3/t23-,24-,25?,26?,27?,28?,30?,31-,32+,33-,34-/m1/s1. The molecule has 244 valence electrons. The van der Waals surface area contributed by atoms with Crippen molar-refractivity contribution in [1.82, 2.24) is 0 Å². The van der Waals surface area contributed by atoms with Gasteiger partial charge in [0.2, 0.25) is 0 Å². The summed E-state index contributed by atoms with van der Waals surface area (Å²) in [4.78, 5) is 12.0. The molecule has 0 aromatic carbocycles. The lowest BCUT2D eigenvalue weighted by Gasteiger charge is -2.66. The van der Waals surface area contributed by atoms with Gasteiger partial charge in [-0.2, -0.15) is 0 Å². The van der Waals surface area contributed by atoms with Crippen LogP contribution >= 0.6 is 0 Å². The second-order valence-electron chi connectivity index (χ2n) is 18.2. The Labute approximate surface area is 262 Å².